The average molecular weight is 436 g/mol. The summed E-state index contributed by atoms with van der Waals surface area (Å²) in [5.41, 5.74) is 4.22. The van der Waals surface area contributed by atoms with E-state index in [-0.39, 0.29) is 5.41 Å². The zero-order valence-corrected chi connectivity index (χ0v) is 21.5. The van der Waals surface area contributed by atoms with Gasteiger partial charge in [0.2, 0.25) is 0 Å². The van der Waals surface area contributed by atoms with E-state index >= 15 is 0 Å². The van der Waals surface area contributed by atoms with Crippen LogP contribution in [0.15, 0.2) is 22.9 Å². The normalized spacial score (nSPS) is 51.1. The van der Waals surface area contributed by atoms with E-state index in [1.807, 2.05) is 6.20 Å². The molecule has 9 atom stereocenters. The van der Waals surface area contributed by atoms with Crippen LogP contribution in [-0.4, -0.2) is 5.16 Å². The Bertz CT molecular complexity index is 942. The highest BCUT2D eigenvalue weighted by Crippen LogP contribution is 2.75. The van der Waals surface area contributed by atoms with E-state index in [0.29, 0.717) is 22.2 Å². The first-order valence-corrected chi connectivity index (χ1v) is 13.6. The Balaban J connectivity index is 1.41. The maximum Gasteiger partial charge on any atom is 0.145 e. The SMILES string of the molecule is C=C(C)[C@@H]1CCC2CC[C@]3(C)[C@H](CC[C@@H]4[C@@]5(C)Cc6cnoc6C(C)(C)[C@@H]5CC[C@]43C)[C@H]21. The predicted octanol–water partition coefficient (Wildman–Crippen LogP) is 7.98. The molecule has 0 saturated heterocycles. The summed E-state index contributed by atoms with van der Waals surface area (Å²) in [4.78, 5) is 0. The van der Waals surface area contributed by atoms with E-state index < -0.39 is 0 Å². The molecule has 5 aliphatic carbocycles. The maximum absolute atomic E-state index is 5.86. The third-order valence-electron chi connectivity index (χ3n) is 12.9. The molecule has 6 rings (SSSR count). The number of hydrogen-bond acceptors (Lipinski definition) is 2. The van der Waals surface area contributed by atoms with Crippen LogP contribution in [0.25, 0.3) is 0 Å². The summed E-state index contributed by atoms with van der Waals surface area (Å²) in [7, 11) is 0. The average Bonchev–Trinajstić information content (AvgIpc) is 3.35. The second kappa shape index (κ2) is 6.54. The lowest BCUT2D eigenvalue weighted by Gasteiger charge is -2.71. The van der Waals surface area contributed by atoms with Gasteiger partial charge in [0, 0.05) is 11.0 Å². The third kappa shape index (κ3) is 2.41. The molecule has 4 fully saturated rings. The Morgan fingerprint density at radius 2 is 1.69 bits per heavy atom. The van der Waals surface area contributed by atoms with Crippen molar-refractivity contribution in [3.63, 3.8) is 0 Å². The van der Waals surface area contributed by atoms with Gasteiger partial charge in [-0.05, 0) is 116 Å². The van der Waals surface area contributed by atoms with Crippen LogP contribution >= 0.6 is 0 Å². The number of rotatable bonds is 1. The first-order chi connectivity index (χ1) is 15.0. The van der Waals surface area contributed by atoms with Gasteiger partial charge in [-0.1, -0.05) is 51.9 Å². The molecule has 4 saturated carbocycles. The molecule has 1 aromatic rings. The van der Waals surface area contributed by atoms with Gasteiger partial charge < -0.3 is 4.52 Å². The van der Waals surface area contributed by atoms with Crippen LogP contribution < -0.4 is 0 Å². The van der Waals surface area contributed by atoms with E-state index in [9.17, 15) is 0 Å². The largest absolute Gasteiger partial charge is 0.361 e. The highest BCUT2D eigenvalue weighted by molar-refractivity contribution is 5.32. The fraction of sp³-hybridized carbons (Fsp3) is 0.833. The monoisotopic (exact) mass is 435 g/mol. The molecule has 0 radical (unpaired) electrons. The third-order valence-corrected chi connectivity index (χ3v) is 12.9. The molecule has 0 N–H and O–H groups in total. The minimum absolute atomic E-state index is 0.0894. The van der Waals surface area contributed by atoms with Gasteiger partial charge in [-0.3, -0.25) is 0 Å². The molecule has 0 bridgehead atoms. The topological polar surface area (TPSA) is 26.0 Å². The molecule has 5 aliphatic rings. The van der Waals surface area contributed by atoms with Gasteiger partial charge in [0.15, 0.2) is 0 Å². The molecule has 0 amide bonds. The van der Waals surface area contributed by atoms with Gasteiger partial charge in [0.1, 0.15) is 5.76 Å². The Labute approximate surface area is 196 Å². The van der Waals surface area contributed by atoms with Gasteiger partial charge in [0.05, 0.1) is 6.20 Å². The Hall–Kier alpha value is -1.05. The van der Waals surface area contributed by atoms with Crippen LogP contribution in [-0.2, 0) is 11.8 Å². The summed E-state index contributed by atoms with van der Waals surface area (Å²) in [6.07, 6.45) is 14.6. The number of hydrogen-bond donors (Lipinski definition) is 0. The standard InChI is InChI=1S/C30H45NO/c1-18(2)21-9-8-19-12-14-29(6)22(25(19)21)10-11-24-28(5)16-20-17-31-32-26(20)27(3,4)23(28)13-15-30(24,29)7/h17,19,21-25H,1,8-16H2,2-7H3/t19?,21-,22+,23-,24+,25+,28-,29+,30+/m0/s1. The van der Waals surface area contributed by atoms with Crippen LogP contribution in [0.1, 0.15) is 104 Å². The molecule has 176 valence electrons. The second-order valence-corrected chi connectivity index (χ2v) is 14.2. The highest BCUT2D eigenvalue weighted by atomic mass is 16.5. The smallest absolute Gasteiger partial charge is 0.145 e. The van der Waals surface area contributed by atoms with Crippen molar-refractivity contribution in [2.75, 3.05) is 0 Å². The molecule has 1 aromatic heterocycles. The molecular formula is C30H45NO. The lowest BCUT2D eigenvalue weighted by atomic mass is 9.33. The summed E-state index contributed by atoms with van der Waals surface area (Å²) in [6, 6.07) is 0. The van der Waals surface area contributed by atoms with Crippen molar-refractivity contribution in [2.24, 2.45) is 51.8 Å². The fourth-order valence-electron chi connectivity index (χ4n) is 11.5. The van der Waals surface area contributed by atoms with E-state index in [1.54, 1.807) is 0 Å². The molecule has 32 heavy (non-hydrogen) atoms. The lowest BCUT2D eigenvalue weighted by Crippen LogP contribution is -2.65. The molecule has 2 nitrogen and oxygen atoms in total. The van der Waals surface area contributed by atoms with Crippen molar-refractivity contribution in [2.45, 2.75) is 105 Å². The van der Waals surface area contributed by atoms with Crippen LogP contribution in [0.5, 0.6) is 0 Å². The zero-order valence-electron chi connectivity index (χ0n) is 21.5. The summed E-state index contributed by atoms with van der Waals surface area (Å²) >= 11 is 0. The van der Waals surface area contributed by atoms with E-state index in [2.05, 4.69) is 53.3 Å². The second-order valence-electron chi connectivity index (χ2n) is 14.2. The summed E-state index contributed by atoms with van der Waals surface area (Å²) < 4.78 is 5.86. The predicted molar refractivity (Wildman–Crippen MR) is 130 cm³/mol. The van der Waals surface area contributed by atoms with Crippen LogP contribution in [0, 0.1) is 51.8 Å². The maximum atomic E-state index is 5.86. The minimum atomic E-state index is 0.0894. The summed E-state index contributed by atoms with van der Waals surface area (Å²) in [6.45, 7) is 19.8. The summed E-state index contributed by atoms with van der Waals surface area (Å²) in [5, 5.41) is 4.27. The first kappa shape index (κ1) is 21.5. The molecule has 0 spiro atoms. The van der Waals surface area contributed by atoms with Crippen molar-refractivity contribution in [3.05, 3.63) is 29.7 Å². The summed E-state index contributed by atoms with van der Waals surface area (Å²) in [5.74, 6) is 6.23. The van der Waals surface area contributed by atoms with Crippen molar-refractivity contribution in [1.29, 1.82) is 0 Å². The van der Waals surface area contributed by atoms with Crippen molar-refractivity contribution >= 4 is 0 Å². The van der Waals surface area contributed by atoms with E-state index in [4.69, 9.17) is 4.52 Å². The molecule has 1 heterocycles. The molecule has 2 heteroatoms. The number of nitrogens with zero attached hydrogens (tertiary/aromatic N) is 1. The van der Waals surface area contributed by atoms with Crippen molar-refractivity contribution < 1.29 is 4.52 Å². The molecular weight excluding hydrogens is 390 g/mol. The minimum Gasteiger partial charge on any atom is -0.361 e. The van der Waals surface area contributed by atoms with Gasteiger partial charge in [-0.15, -0.1) is 0 Å². The van der Waals surface area contributed by atoms with E-state index in [1.165, 1.54) is 74.7 Å². The van der Waals surface area contributed by atoms with Crippen molar-refractivity contribution in [3.8, 4) is 0 Å². The molecule has 1 unspecified atom stereocenters. The van der Waals surface area contributed by atoms with Gasteiger partial charge in [-0.2, -0.15) is 0 Å². The highest BCUT2D eigenvalue weighted by Gasteiger charge is 2.69. The number of fused-ring (bicyclic) bond motifs is 8. The van der Waals surface area contributed by atoms with Crippen LogP contribution in [0.3, 0.4) is 0 Å². The number of aromatic nitrogens is 1. The fourth-order valence-corrected chi connectivity index (χ4v) is 11.5. The quantitative estimate of drug-likeness (QED) is 0.418. The number of allylic oxidation sites excluding steroid dienone is 1. The Morgan fingerprint density at radius 1 is 0.938 bits per heavy atom. The zero-order chi connectivity index (χ0) is 22.7. The molecule has 0 aromatic carbocycles. The Kier molecular flexibility index (Phi) is 4.39. The first-order valence-electron chi connectivity index (χ1n) is 13.6. The van der Waals surface area contributed by atoms with Crippen LogP contribution in [0.2, 0.25) is 0 Å². The van der Waals surface area contributed by atoms with Crippen molar-refractivity contribution in [1.82, 2.24) is 5.16 Å². The molecule has 0 aliphatic heterocycles. The van der Waals surface area contributed by atoms with Gasteiger partial charge in [0.25, 0.3) is 0 Å². The lowest BCUT2D eigenvalue weighted by molar-refractivity contribution is -0.216. The van der Waals surface area contributed by atoms with Gasteiger partial charge >= 0.3 is 0 Å². The van der Waals surface area contributed by atoms with Crippen LogP contribution in [0.4, 0.5) is 0 Å². The van der Waals surface area contributed by atoms with E-state index in [0.717, 1.165) is 29.6 Å². The Morgan fingerprint density at radius 3 is 2.44 bits per heavy atom. The van der Waals surface area contributed by atoms with Gasteiger partial charge in [-0.25, -0.2) is 0 Å².